The van der Waals surface area contributed by atoms with Crippen molar-refractivity contribution in [1.82, 2.24) is 14.8 Å². The average molecular weight is 440 g/mol. The minimum Gasteiger partial charge on any atom is -0.439 e. The summed E-state index contributed by atoms with van der Waals surface area (Å²) in [5.41, 5.74) is 4.82. The van der Waals surface area contributed by atoms with Crippen molar-refractivity contribution in [3.63, 3.8) is 0 Å². The molecule has 0 radical (unpaired) electrons. The monoisotopic (exact) mass is 439 g/mol. The van der Waals surface area contributed by atoms with Crippen molar-refractivity contribution in [3.8, 4) is 0 Å². The third-order valence-corrected chi connectivity index (χ3v) is 6.88. The van der Waals surface area contributed by atoms with E-state index < -0.39 is 11.6 Å². The smallest absolute Gasteiger partial charge is 0.233 e. The summed E-state index contributed by atoms with van der Waals surface area (Å²) in [5.74, 6) is 0.539. The van der Waals surface area contributed by atoms with Gasteiger partial charge in [-0.15, -0.1) is 0 Å². The molecule has 33 heavy (non-hydrogen) atoms. The number of rotatable bonds is 4. The van der Waals surface area contributed by atoms with Gasteiger partial charge < -0.3 is 4.42 Å². The van der Waals surface area contributed by atoms with E-state index in [4.69, 9.17) is 9.40 Å². The van der Waals surface area contributed by atoms with E-state index in [9.17, 15) is 9.59 Å². The SMILES string of the molecule is O=C1C(=O)c2ccccc2C2=C1CCc1nc(CN3CCN(Cc4ccccc4)CC3)oc12. The van der Waals surface area contributed by atoms with Crippen molar-refractivity contribution in [2.75, 3.05) is 26.2 Å². The Morgan fingerprint density at radius 3 is 2.18 bits per heavy atom. The second kappa shape index (κ2) is 8.21. The van der Waals surface area contributed by atoms with Crippen LogP contribution in [0.15, 0.2) is 64.6 Å². The van der Waals surface area contributed by atoms with Gasteiger partial charge in [-0.1, -0.05) is 54.6 Å². The number of benzene rings is 2. The highest BCUT2D eigenvalue weighted by Gasteiger charge is 2.38. The van der Waals surface area contributed by atoms with E-state index >= 15 is 0 Å². The van der Waals surface area contributed by atoms with Gasteiger partial charge >= 0.3 is 0 Å². The van der Waals surface area contributed by atoms with Crippen LogP contribution in [0.2, 0.25) is 0 Å². The van der Waals surface area contributed by atoms with E-state index in [1.807, 2.05) is 12.1 Å². The Hall–Kier alpha value is -3.35. The molecule has 0 unspecified atom stereocenters. The Morgan fingerprint density at radius 2 is 1.42 bits per heavy atom. The van der Waals surface area contributed by atoms with Crippen LogP contribution in [0, 0.1) is 0 Å². The Morgan fingerprint density at radius 1 is 0.758 bits per heavy atom. The normalized spacial score (nSPS) is 18.8. The van der Waals surface area contributed by atoms with E-state index in [1.54, 1.807) is 12.1 Å². The number of nitrogens with zero attached hydrogens (tertiary/aromatic N) is 3. The number of fused-ring (bicyclic) bond motifs is 4. The molecular formula is C27H25N3O3. The number of aryl methyl sites for hydroxylation is 1. The predicted molar refractivity (Wildman–Crippen MR) is 124 cm³/mol. The van der Waals surface area contributed by atoms with Gasteiger partial charge in [0, 0.05) is 49.4 Å². The zero-order chi connectivity index (χ0) is 22.4. The number of hydrogen-bond donors (Lipinski definition) is 0. The molecule has 3 aromatic rings. The summed E-state index contributed by atoms with van der Waals surface area (Å²) in [7, 11) is 0. The maximum Gasteiger partial charge on any atom is 0.233 e. The number of piperazine rings is 1. The lowest BCUT2D eigenvalue weighted by Crippen LogP contribution is -2.45. The van der Waals surface area contributed by atoms with E-state index in [-0.39, 0.29) is 0 Å². The Labute approximate surface area is 192 Å². The molecule has 0 amide bonds. The van der Waals surface area contributed by atoms with Gasteiger partial charge in [0.25, 0.3) is 0 Å². The fraction of sp³-hybridized carbons (Fsp3) is 0.296. The van der Waals surface area contributed by atoms with Crippen molar-refractivity contribution in [3.05, 3.63) is 94.2 Å². The number of allylic oxidation sites excluding steroid dienone is 1. The highest BCUT2D eigenvalue weighted by atomic mass is 16.4. The van der Waals surface area contributed by atoms with Crippen LogP contribution >= 0.6 is 0 Å². The number of ketones is 2. The summed E-state index contributed by atoms with van der Waals surface area (Å²) in [6.07, 6.45) is 1.16. The van der Waals surface area contributed by atoms with Gasteiger partial charge in [0.15, 0.2) is 5.76 Å². The first-order chi connectivity index (χ1) is 16.2. The van der Waals surface area contributed by atoms with Crippen LogP contribution in [0.5, 0.6) is 0 Å². The number of aromatic nitrogens is 1. The molecule has 2 aromatic carbocycles. The van der Waals surface area contributed by atoms with Gasteiger partial charge in [-0.25, -0.2) is 4.98 Å². The van der Waals surface area contributed by atoms with Crippen molar-refractivity contribution in [2.45, 2.75) is 25.9 Å². The van der Waals surface area contributed by atoms with E-state index in [0.717, 1.165) is 49.6 Å². The van der Waals surface area contributed by atoms with Crippen molar-refractivity contribution >= 4 is 17.1 Å². The maximum atomic E-state index is 12.7. The van der Waals surface area contributed by atoms with Gasteiger partial charge in [-0.05, 0) is 24.0 Å². The molecule has 1 saturated heterocycles. The molecule has 6 rings (SSSR count). The standard InChI is InChI=1S/C27H25N3O3/c31-25-20-9-5-4-8-19(20)24-21(26(25)32)10-11-22-27(24)33-23(28-22)17-30-14-12-29(13-15-30)16-18-6-2-1-3-7-18/h1-9H,10-17H2. The van der Waals surface area contributed by atoms with Crippen LogP contribution in [0.3, 0.4) is 0 Å². The number of hydrogen-bond acceptors (Lipinski definition) is 6. The van der Waals surface area contributed by atoms with Crippen molar-refractivity contribution < 1.29 is 14.0 Å². The minimum absolute atomic E-state index is 0.401. The first kappa shape index (κ1) is 20.3. The van der Waals surface area contributed by atoms with E-state index in [1.165, 1.54) is 5.56 Å². The summed E-state index contributed by atoms with van der Waals surface area (Å²) >= 11 is 0. The summed E-state index contributed by atoms with van der Waals surface area (Å²) in [4.78, 5) is 34.9. The van der Waals surface area contributed by atoms with Crippen molar-refractivity contribution in [1.29, 1.82) is 0 Å². The molecule has 2 heterocycles. The zero-order valence-corrected chi connectivity index (χ0v) is 18.4. The quantitative estimate of drug-likeness (QED) is 0.580. The summed E-state index contributed by atoms with van der Waals surface area (Å²) < 4.78 is 6.25. The fourth-order valence-electron chi connectivity index (χ4n) is 5.15. The van der Waals surface area contributed by atoms with E-state index in [0.29, 0.717) is 42.2 Å². The lowest BCUT2D eigenvalue weighted by molar-refractivity contribution is -0.112. The molecular weight excluding hydrogens is 414 g/mol. The molecule has 1 aromatic heterocycles. The molecule has 6 heteroatoms. The fourth-order valence-corrected chi connectivity index (χ4v) is 5.15. The number of carbonyl (C=O) groups is 2. The zero-order valence-electron chi connectivity index (χ0n) is 18.4. The van der Waals surface area contributed by atoms with Crippen LogP contribution in [0.1, 0.15) is 45.3 Å². The maximum absolute atomic E-state index is 12.7. The molecule has 6 nitrogen and oxygen atoms in total. The average Bonchev–Trinajstić information content (AvgIpc) is 3.26. The van der Waals surface area contributed by atoms with Gasteiger partial charge in [0.2, 0.25) is 17.5 Å². The van der Waals surface area contributed by atoms with Gasteiger partial charge in [0.1, 0.15) is 0 Å². The molecule has 0 N–H and O–H groups in total. The Bertz CT molecular complexity index is 1270. The highest BCUT2D eigenvalue weighted by Crippen LogP contribution is 2.41. The molecule has 1 fully saturated rings. The van der Waals surface area contributed by atoms with Gasteiger partial charge in [-0.2, -0.15) is 0 Å². The lowest BCUT2D eigenvalue weighted by Gasteiger charge is -2.34. The third-order valence-electron chi connectivity index (χ3n) is 6.88. The Kier molecular flexibility index (Phi) is 5.04. The van der Waals surface area contributed by atoms with Gasteiger partial charge in [-0.3, -0.25) is 19.4 Å². The molecule has 2 aliphatic carbocycles. The molecule has 3 aliphatic rings. The minimum atomic E-state index is -0.416. The molecule has 1 aliphatic heterocycles. The van der Waals surface area contributed by atoms with Crippen LogP contribution in [-0.2, 0) is 24.3 Å². The molecule has 166 valence electrons. The highest BCUT2D eigenvalue weighted by molar-refractivity contribution is 6.52. The van der Waals surface area contributed by atoms with Crippen molar-refractivity contribution in [2.24, 2.45) is 0 Å². The van der Waals surface area contributed by atoms with Crippen LogP contribution in [0.4, 0.5) is 0 Å². The molecule has 0 atom stereocenters. The lowest BCUT2D eigenvalue weighted by atomic mass is 9.78. The van der Waals surface area contributed by atoms with Crippen LogP contribution < -0.4 is 0 Å². The summed E-state index contributed by atoms with van der Waals surface area (Å²) in [5, 5.41) is 0. The first-order valence-corrected chi connectivity index (χ1v) is 11.6. The molecule has 0 spiro atoms. The third kappa shape index (κ3) is 3.65. The second-order valence-corrected chi connectivity index (χ2v) is 8.98. The molecule has 0 bridgehead atoms. The summed E-state index contributed by atoms with van der Waals surface area (Å²) in [6, 6.07) is 17.9. The predicted octanol–water partition coefficient (Wildman–Crippen LogP) is 3.51. The van der Waals surface area contributed by atoms with Gasteiger partial charge in [0.05, 0.1) is 12.2 Å². The Balaban J connectivity index is 1.19. The topological polar surface area (TPSA) is 66.7 Å². The second-order valence-electron chi connectivity index (χ2n) is 8.98. The first-order valence-electron chi connectivity index (χ1n) is 11.6. The molecule has 0 saturated carbocycles. The summed E-state index contributed by atoms with van der Waals surface area (Å²) in [6.45, 7) is 5.57. The largest absolute Gasteiger partial charge is 0.439 e. The number of carbonyl (C=O) groups excluding carboxylic acids is 2. The van der Waals surface area contributed by atoms with Crippen LogP contribution in [0.25, 0.3) is 5.57 Å². The number of Topliss-reactive ketones (excluding diaryl/α,β-unsaturated/α-hetero) is 2. The van der Waals surface area contributed by atoms with E-state index in [2.05, 4.69) is 40.1 Å². The number of oxazole rings is 1. The van der Waals surface area contributed by atoms with Crippen LogP contribution in [-0.4, -0.2) is 52.5 Å².